The number of carboxylic acids is 1. The highest BCUT2D eigenvalue weighted by atomic mass is 16.4. The molecule has 0 aliphatic carbocycles. The van der Waals surface area contributed by atoms with Gasteiger partial charge in [0.25, 0.3) is 0 Å². The first-order chi connectivity index (χ1) is 7.70. The summed E-state index contributed by atoms with van der Waals surface area (Å²) in [6.07, 6.45) is 1.80. The van der Waals surface area contributed by atoms with Crippen LogP contribution in [0.4, 0.5) is 0 Å². The van der Waals surface area contributed by atoms with E-state index in [1.807, 2.05) is 20.8 Å². The van der Waals surface area contributed by atoms with Gasteiger partial charge in [0, 0.05) is 30.7 Å². The third-order valence-electron chi connectivity index (χ3n) is 1.54. The first kappa shape index (κ1) is 15.2. The molecule has 0 atom stereocenters. The van der Waals surface area contributed by atoms with Crippen LogP contribution in [0.3, 0.4) is 0 Å². The van der Waals surface area contributed by atoms with Crippen LogP contribution < -0.4 is 10.6 Å². The zero-order valence-electron chi connectivity index (χ0n) is 10.2. The highest BCUT2D eigenvalue weighted by Gasteiger charge is 2.13. The Morgan fingerprint density at radius 1 is 1.18 bits per heavy atom. The molecule has 0 fully saturated rings. The lowest BCUT2D eigenvalue weighted by Crippen LogP contribution is -2.41. The van der Waals surface area contributed by atoms with Crippen LogP contribution in [0.15, 0.2) is 12.2 Å². The second-order valence-corrected chi connectivity index (χ2v) is 4.51. The summed E-state index contributed by atoms with van der Waals surface area (Å²) in [5.74, 6) is -1.89. The Bertz CT molecular complexity index is 329. The molecule has 6 nitrogen and oxygen atoms in total. The van der Waals surface area contributed by atoms with Crippen molar-refractivity contribution in [3.63, 3.8) is 0 Å². The quantitative estimate of drug-likeness (QED) is 0.593. The van der Waals surface area contributed by atoms with Crippen molar-refractivity contribution in [2.75, 3.05) is 6.54 Å². The van der Waals surface area contributed by atoms with E-state index < -0.39 is 11.9 Å². The van der Waals surface area contributed by atoms with E-state index in [0.29, 0.717) is 0 Å². The third kappa shape index (κ3) is 10.4. The van der Waals surface area contributed by atoms with E-state index in [2.05, 4.69) is 10.6 Å². The van der Waals surface area contributed by atoms with Gasteiger partial charge in [0.2, 0.25) is 11.8 Å². The van der Waals surface area contributed by atoms with Gasteiger partial charge < -0.3 is 15.7 Å². The van der Waals surface area contributed by atoms with Gasteiger partial charge >= 0.3 is 5.97 Å². The average Bonchev–Trinajstić information content (AvgIpc) is 2.11. The van der Waals surface area contributed by atoms with E-state index in [0.717, 1.165) is 12.2 Å². The molecule has 0 rings (SSSR count). The second-order valence-electron chi connectivity index (χ2n) is 4.51. The molecule has 0 radical (unpaired) electrons. The summed E-state index contributed by atoms with van der Waals surface area (Å²) in [6, 6.07) is 0. The lowest BCUT2D eigenvalue weighted by Gasteiger charge is -2.20. The van der Waals surface area contributed by atoms with Crippen LogP contribution in [0.2, 0.25) is 0 Å². The normalized spacial score (nSPS) is 11.2. The highest BCUT2D eigenvalue weighted by molar-refractivity contribution is 5.94. The lowest BCUT2D eigenvalue weighted by molar-refractivity contribution is -0.131. The van der Waals surface area contributed by atoms with E-state index in [1.165, 1.54) is 0 Å². The van der Waals surface area contributed by atoms with Gasteiger partial charge in [-0.1, -0.05) is 0 Å². The van der Waals surface area contributed by atoms with Crippen molar-refractivity contribution in [3.8, 4) is 0 Å². The Kier molecular flexibility index (Phi) is 5.95. The Morgan fingerprint density at radius 2 is 1.76 bits per heavy atom. The molecule has 0 aromatic carbocycles. The second kappa shape index (κ2) is 6.67. The highest BCUT2D eigenvalue weighted by Crippen LogP contribution is 1.98. The molecule has 0 spiro atoms. The number of carbonyl (C=O) groups excluding carboxylic acids is 2. The van der Waals surface area contributed by atoms with Gasteiger partial charge in [-0.25, -0.2) is 4.79 Å². The van der Waals surface area contributed by atoms with Gasteiger partial charge in [0.15, 0.2) is 0 Å². The standard InChI is InChI=1S/C11H18N2O4/c1-11(2,3)13-9(15)6-7-12-8(14)4-5-10(16)17/h4-5H,6-7H2,1-3H3,(H,12,14)(H,13,15)(H,16,17)/b5-4+. The minimum absolute atomic E-state index is 0.157. The number of aliphatic carboxylic acids is 1. The summed E-state index contributed by atoms with van der Waals surface area (Å²) < 4.78 is 0. The SMILES string of the molecule is CC(C)(C)NC(=O)CCNC(=O)/C=C/C(=O)O. The Labute approximate surface area is 100 Å². The van der Waals surface area contributed by atoms with E-state index in [-0.39, 0.29) is 24.4 Å². The van der Waals surface area contributed by atoms with Crippen LogP contribution in [0.1, 0.15) is 27.2 Å². The molecule has 96 valence electrons. The summed E-state index contributed by atoms with van der Waals surface area (Å²) in [5.41, 5.74) is -0.301. The van der Waals surface area contributed by atoms with Gasteiger partial charge in [-0.05, 0) is 20.8 Å². The van der Waals surface area contributed by atoms with Crippen LogP contribution in [0.25, 0.3) is 0 Å². The maximum atomic E-state index is 11.3. The van der Waals surface area contributed by atoms with Crippen molar-refractivity contribution in [2.24, 2.45) is 0 Å². The number of rotatable bonds is 5. The maximum absolute atomic E-state index is 11.3. The fourth-order valence-electron chi connectivity index (χ4n) is 0.986. The number of nitrogens with one attached hydrogen (secondary N) is 2. The molecule has 0 aliphatic rings. The molecule has 0 bridgehead atoms. The fraction of sp³-hybridized carbons (Fsp3) is 0.545. The number of carbonyl (C=O) groups is 3. The van der Waals surface area contributed by atoms with Crippen LogP contribution >= 0.6 is 0 Å². The minimum Gasteiger partial charge on any atom is -0.478 e. The van der Waals surface area contributed by atoms with Gasteiger partial charge in [-0.15, -0.1) is 0 Å². The van der Waals surface area contributed by atoms with Gasteiger partial charge in [0.1, 0.15) is 0 Å². The smallest absolute Gasteiger partial charge is 0.328 e. The van der Waals surface area contributed by atoms with Crippen molar-refractivity contribution in [2.45, 2.75) is 32.7 Å². The van der Waals surface area contributed by atoms with Crippen molar-refractivity contribution in [3.05, 3.63) is 12.2 Å². The molecular formula is C11H18N2O4. The molecule has 0 aromatic heterocycles. The van der Waals surface area contributed by atoms with Crippen molar-refractivity contribution < 1.29 is 19.5 Å². The Balaban J connectivity index is 3.81. The summed E-state index contributed by atoms with van der Waals surface area (Å²) in [6.45, 7) is 5.75. The number of hydrogen-bond acceptors (Lipinski definition) is 3. The first-order valence-electron chi connectivity index (χ1n) is 5.20. The Hall–Kier alpha value is -1.85. The third-order valence-corrected chi connectivity index (χ3v) is 1.54. The summed E-state index contributed by atoms with van der Waals surface area (Å²) in [7, 11) is 0. The predicted octanol–water partition coefficient (Wildman–Crippen LogP) is 0.0482. The molecule has 0 aliphatic heterocycles. The first-order valence-corrected chi connectivity index (χ1v) is 5.20. The Morgan fingerprint density at radius 3 is 2.24 bits per heavy atom. The predicted molar refractivity (Wildman–Crippen MR) is 62.3 cm³/mol. The van der Waals surface area contributed by atoms with E-state index in [9.17, 15) is 14.4 Å². The molecule has 17 heavy (non-hydrogen) atoms. The fourth-order valence-corrected chi connectivity index (χ4v) is 0.986. The largest absolute Gasteiger partial charge is 0.478 e. The number of amides is 2. The molecule has 3 N–H and O–H groups in total. The minimum atomic E-state index is -1.19. The summed E-state index contributed by atoms with van der Waals surface area (Å²) >= 11 is 0. The number of hydrogen-bond donors (Lipinski definition) is 3. The lowest BCUT2D eigenvalue weighted by atomic mass is 10.1. The number of carboxylic acid groups (broad SMARTS) is 1. The zero-order valence-corrected chi connectivity index (χ0v) is 10.2. The van der Waals surface area contributed by atoms with Gasteiger partial charge in [0.05, 0.1) is 0 Å². The van der Waals surface area contributed by atoms with Crippen LogP contribution in [-0.2, 0) is 14.4 Å². The summed E-state index contributed by atoms with van der Waals surface area (Å²) in [4.78, 5) is 32.5. The van der Waals surface area contributed by atoms with Crippen LogP contribution in [0.5, 0.6) is 0 Å². The topological polar surface area (TPSA) is 95.5 Å². The molecular weight excluding hydrogens is 224 g/mol. The summed E-state index contributed by atoms with van der Waals surface area (Å²) in [5, 5.41) is 13.4. The zero-order chi connectivity index (χ0) is 13.5. The van der Waals surface area contributed by atoms with Gasteiger partial charge in [-0.3, -0.25) is 9.59 Å². The van der Waals surface area contributed by atoms with Crippen LogP contribution in [-0.4, -0.2) is 35.0 Å². The maximum Gasteiger partial charge on any atom is 0.328 e. The van der Waals surface area contributed by atoms with Crippen molar-refractivity contribution >= 4 is 17.8 Å². The van der Waals surface area contributed by atoms with E-state index >= 15 is 0 Å². The van der Waals surface area contributed by atoms with Gasteiger partial charge in [-0.2, -0.15) is 0 Å². The molecule has 0 unspecified atom stereocenters. The molecule has 0 saturated carbocycles. The van der Waals surface area contributed by atoms with Crippen molar-refractivity contribution in [1.29, 1.82) is 0 Å². The van der Waals surface area contributed by atoms with E-state index in [4.69, 9.17) is 5.11 Å². The average molecular weight is 242 g/mol. The molecule has 0 heterocycles. The molecule has 2 amide bonds. The molecule has 0 aromatic rings. The van der Waals surface area contributed by atoms with Crippen LogP contribution in [0, 0.1) is 0 Å². The van der Waals surface area contributed by atoms with E-state index in [1.54, 1.807) is 0 Å². The molecule has 6 heteroatoms. The monoisotopic (exact) mass is 242 g/mol. The van der Waals surface area contributed by atoms with Crippen molar-refractivity contribution in [1.82, 2.24) is 10.6 Å². The molecule has 0 saturated heterocycles.